The molecule has 0 spiro atoms. The second-order valence-electron chi connectivity index (χ2n) is 13.0. The van der Waals surface area contributed by atoms with Crippen LogP contribution in [0.4, 0.5) is 5.69 Å². The first-order chi connectivity index (χ1) is 22.0. The van der Waals surface area contributed by atoms with E-state index in [0.717, 1.165) is 44.9 Å². The Kier molecular flexibility index (Phi) is 12.9. The number of aliphatic hydroxyl groups is 1. The van der Waals surface area contributed by atoms with Gasteiger partial charge in [0.05, 0.1) is 35.3 Å². The summed E-state index contributed by atoms with van der Waals surface area (Å²) in [5.41, 5.74) is 0.425. The summed E-state index contributed by atoms with van der Waals surface area (Å²) in [5, 5.41) is 10.2. The van der Waals surface area contributed by atoms with Crippen LogP contribution in [-0.2, 0) is 19.6 Å². The molecule has 4 rings (SSSR count). The van der Waals surface area contributed by atoms with Crippen LogP contribution in [0.3, 0.4) is 0 Å². The van der Waals surface area contributed by atoms with Crippen molar-refractivity contribution in [3.05, 3.63) is 54.1 Å². The lowest BCUT2D eigenvalue weighted by molar-refractivity contribution is -0.137. The average molecular weight is 658 g/mol. The van der Waals surface area contributed by atoms with E-state index in [9.17, 15) is 23.1 Å². The second kappa shape index (κ2) is 16.6. The standard InChI is InChI=1S/C35H51N3O7S/c1-25-22-38(26(2)24-39)35(41)31-21-29(36-46(42,43)30-16-9-6-10-17-30)18-19-32(31)45-27(3)13-11-12-20-44-33(25)23-37(4)34(40)28-14-7-5-8-15-28/h6,9-10,16-19,21,25-28,33,36,39H,5,7-8,11-15,20,22-24H2,1-4H3/t25-,26-,27+,33-/m1/s1. The molecule has 1 saturated carbocycles. The fourth-order valence-corrected chi connectivity index (χ4v) is 7.35. The van der Waals surface area contributed by atoms with Gasteiger partial charge >= 0.3 is 0 Å². The summed E-state index contributed by atoms with van der Waals surface area (Å²) in [4.78, 5) is 31.1. The number of nitrogens with zero attached hydrogens (tertiary/aromatic N) is 2. The van der Waals surface area contributed by atoms with Crippen molar-refractivity contribution in [3.63, 3.8) is 0 Å². The molecule has 0 unspecified atom stereocenters. The number of carbonyl (C=O) groups is 2. The van der Waals surface area contributed by atoms with Gasteiger partial charge in [-0.15, -0.1) is 0 Å². The fourth-order valence-electron chi connectivity index (χ4n) is 6.28. The minimum absolute atomic E-state index is 0.0477. The second-order valence-corrected chi connectivity index (χ2v) is 14.7. The van der Waals surface area contributed by atoms with Gasteiger partial charge in [0.1, 0.15) is 5.75 Å². The molecule has 2 aromatic carbocycles. The molecular formula is C35H51N3O7S. The van der Waals surface area contributed by atoms with Crippen molar-refractivity contribution in [2.24, 2.45) is 11.8 Å². The number of likely N-dealkylation sites (N-methyl/N-ethyl adjacent to an activating group) is 1. The summed E-state index contributed by atoms with van der Waals surface area (Å²) in [6.07, 6.45) is 7.05. The number of sulfonamides is 1. The molecule has 0 radical (unpaired) electrons. The van der Waals surface area contributed by atoms with Gasteiger partial charge in [-0.05, 0) is 76.3 Å². The van der Waals surface area contributed by atoms with E-state index in [1.54, 1.807) is 47.1 Å². The molecule has 1 heterocycles. The SMILES string of the molecule is C[C@@H]1CN([C@H](C)CO)C(=O)c2cc(NS(=O)(=O)c3ccccc3)ccc2O[C@@H](C)CCCCO[C@@H]1CN(C)C(=O)C1CCCCC1. The summed E-state index contributed by atoms with van der Waals surface area (Å²) >= 11 is 0. The zero-order valence-electron chi connectivity index (χ0n) is 27.7. The van der Waals surface area contributed by atoms with Crippen molar-refractivity contribution in [1.29, 1.82) is 0 Å². The number of carbonyl (C=O) groups excluding carboxylic acids is 2. The topological polar surface area (TPSA) is 125 Å². The predicted molar refractivity (Wildman–Crippen MR) is 178 cm³/mol. The largest absolute Gasteiger partial charge is 0.490 e. The third-order valence-electron chi connectivity index (χ3n) is 9.14. The zero-order valence-corrected chi connectivity index (χ0v) is 28.5. The molecule has 10 nitrogen and oxygen atoms in total. The number of anilines is 1. The molecule has 2 aromatic rings. The molecule has 2 N–H and O–H groups in total. The summed E-state index contributed by atoms with van der Waals surface area (Å²) in [6, 6.07) is 12.2. The van der Waals surface area contributed by atoms with Gasteiger partial charge in [0.15, 0.2) is 0 Å². The maximum atomic E-state index is 14.3. The van der Waals surface area contributed by atoms with Gasteiger partial charge in [-0.25, -0.2) is 8.42 Å². The Morgan fingerprint density at radius 1 is 1.04 bits per heavy atom. The van der Waals surface area contributed by atoms with E-state index in [1.807, 2.05) is 20.9 Å². The number of rotatable bonds is 8. The van der Waals surface area contributed by atoms with Gasteiger partial charge in [-0.2, -0.15) is 0 Å². The number of fused-ring (bicyclic) bond motifs is 1. The molecule has 1 aliphatic carbocycles. The molecule has 0 saturated heterocycles. The van der Waals surface area contributed by atoms with Crippen LogP contribution in [0.1, 0.15) is 82.5 Å². The lowest BCUT2D eigenvalue weighted by Gasteiger charge is -2.36. The van der Waals surface area contributed by atoms with E-state index in [4.69, 9.17) is 9.47 Å². The van der Waals surface area contributed by atoms with E-state index in [2.05, 4.69) is 4.72 Å². The summed E-state index contributed by atoms with van der Waals surface area (Å²) in [6.45, 7) is 6.64. The third-order valence-corrected chi connectivity index (χ3v) is 10.5. The first-order valence-electron chi connectivity index (χ1n) is 16.7. The smallest absolute Gasteiger partial charge is 0.261 e. The Labute approximate surface area is 274 Å². The molecular weight excluding hydrogens is 606 g/mol. The van der Waals surface area contributed by atoms with E-state index >= 15 is 0 Å². The summed E-state index contributed by atoms with van der Waals surface area (Å²) in [5.74, 6) is -0.0153. The van der Waals surface area contributed by atoms with Crippen molar-refractivity contribution in [2.75, 3.05) is 38.1 Å². The monoisotopic (exact) mass is 657 g/mol. The van der Waals surface area contributed by atoms with Crippen LogP contribution in [-0.4, -0.2) is 86.7 Å². The highest BCUT2D eigenvalue weighted by atomic mass is 32.2. The Bertz CT molecular complexity index is 1400. The van der Waals surface area contributed by atoms with Crippen molar-refractivity contribution in [1.82, 2.24) is 9.80 Å². The Morgan fingerprint density at radius 2 is 1.74 bits per heavy atom. The first-order valence-corrected chi connectivity index (χ1v) is 18.2. The van der Waals surface area contributed by atoms with Crippen molar-refractivity contribution in [3.8, 4) is 5.75 Å². The molecule has 254 valence electrons. The van der Waals surface area contributed by atoms with E-state index in [-0.39, 0.29) is 65.2 Å². The maximum absolute atomic E-state index is 14.3. The van der Waals surface area contributed by atoms with Crippen LogP contribution in [0.2, 0.25) is 0 Å². The van der Waals surface area contributed by atoms with Crippen molar-refractivity contribution >= 4 is 27.5 Å². The molecule has 46 heavy (non-hydrogen) atoms. The summed E-state index contributed by atoms with van der Waals surface area (Å²) < 4.78 is 41.5. The quantitative estimate of drug-likeness (QED) is 0.394. The van der Waals surface area contributed by atoms with Crippen LogP contribution in [0, 0.1) is 11.8 Å². The van der Waals surface area contributed by atoms with Gasteiger partial charge in [0.25, 0.3) is 15.9 Å². The van der Waals surface area contributed by atoms with Crippen LogP contribution in [0.25, 0.3) is 0 Å². The van der Waals surface area contributed by atoms with Crippen LogP contribution < -0.4 is 9.46 Å². The fraction of sp³-hybridized carbons (Fsp3) is 0.600. The molecule has 2 amide bonds. The number of benzene rings is 2. The highest BCUT2D eigenvalue weighted by Crippen LogP contribution is 2.30. The normalized spacial score (nSPS) is 23.0. The Morgan fingerprint density at radius 3 is 2.43 bits per heavy atom. The average Bonchev–Trinajstić information content (AvgIpc) is 3.06. The molecule has 11 heteroatoms. The van der Waals surface area contributed by atoms with Gasteiger partial charge in [-0.3, -0.25) is 14.3 Å². The number of hydrogen-bond acceptors (Lipinski definition) is 7. The third kappa shape index (κ3) is 9.45. The van der Waals surface area contributed by atoms with Gasteiger partial charge in [-0.1, -0.05) is 44.4 Å². The number of nitrogens with one attached hydrogen (secondary N) is 1. The molecule has 1 aliphatic heterocycles. The molecule has 1 fully saturated rings. The molecule has 4 atom stereocenters. The van der Waals surface area contributed by atoms with Gasteiger partial charge in [0.2, 0.25) is 5.91 Å². The predicted octanol–water partition coefficient (Wildman–Crippen LogP) is 5.32. The minimum atomic E-state index is -3.90. The van der Waals surface area contributed by atoms with Gasteiger partial charge < -0.3 is 24.4 Å². The minimum Gasteiger partial charge on any atom is -0.490 e. The zero-order chi connectivity index (χ0) is 33.3. The Hall–Kier alpha value is -3.15. The lowest BCUT2D eigenvalue weighted by atomic mass is 9.88. The highest BCUT2D eigenvalue weighted by Gasteiger charge is 2.32. The highest BCUT2D eigenvalue weighted by molar-refractivity contribution is 7.92. The number of amides is 2. The van der Waals surface area contributed by atoms with Crippen LogP contribution in [0.15, 0.2) is 53.4 Å². The van der Waals surface area contributed by atoms with Crippen LogP contribution in [0.5, 0.6) is 5.75 Å². The lowest BCUT2D eigenvalue weighted by Crippen LogP contribution is -2.48. The van der Waals surface area contributed by atoms with Crippen molar-refractivity contribution in [2.45, 2.75) is 95.3 Å². The first kappa shape index (κ1) is 35.7. The molecule has 2 aliphatic rings. The maximum Gasteiger partial charge on any atom is 0.261 e. The number of hydrogen-bond donors (Lipinski definition) is 2. The van der Waals surface area contributed by atoms with Gasteiger partial charge in [0, 0.05) is 44.3 Å². The van der Waals surface area contributed by atoms with E-state index in [0.29, 0.717) is 18.9 Å². The van der Waals surface area contributed by atoms with Crippen molar-refractivity contribution < 1.29 is 32.6 Å². The van der Waals surface area contributed by atoms with E-state index < -0.39 is 16.1 Å². The Balaban J connectivity index is 1.63. The number of aliphatic hydroxyl groups excluding tert-OH is 1. The summed E-state index contributed by atoms with van der Waals surface area (Å²) in [7, 11) is -2.06. The van der Waals surface area contributed by atoms with Crippen LogP contribution >= 0.6 is 0 Å². The molecule has 0 bridgehead atoms. The van der Waals surface area contributed by atoms with E-state index in [1.165, 1.54) is 24.6 Å². The molecule has 0 aromatic heterocycles. The number of ether oxygens (including phenoxy) is 2.